The Kier molecular flexibility index (Phi) is 2.52. The van der Waals surface area contributed by atoms with Gasteiger partial charge < -0.3 is 15.4 Å². The summed E-state index contributed by atoms with van der Waals surface area (Å²) in [6.07, 6.45) is 0.879. The smallest absolute Gasteiger partial charge is 0.337 e. The highest BCUT2D eigenvalue weighted by Crippen LogP contribution is 2.22. The minimum atomic E-state index is -0.956. The number of anilines is 1. The Balaban J connectivity index is 2.77. The summed E-state index contributed by atoms with van der Waals surface area (Å²) in [6, 6.07) is 5.01. The lowest BCUT2D eigenvalue weighted by molar-refractivity contribution is 0.0698. The number of fused-ring (bicyclic) bond motifs is 1. The van der Waals surface area contributed by atoms with Crippen LogP contribution in [-0.2, 0) is 6.54 Å². The van der Waals surface area contributed by atoms with Crippen LogP contribution in [0.4, 0.5) is 5.95 Å². The minimum absolute atomic E-state index is 0.246. The lowest BCUT2D eigenvalue weighted by Gasteiger charge is -2.05. The largest absolute Gasteiger partial charge is 0.478 e. The molecule has 16 heavy (non-hydrogen) atoms. The van der Waals surface area contributed by atoms with Crippen molar-refractivity contribution in [1.29, 1.82) is 0 Å². The van der Waals surface area contributed by atoms with E-state index in [1.807, 2.05) is 6.92 Å². The van der Waals surface area contributed by atoms with Crippen molar-refractivity contribution in [3.8, 4) is 0 Å². The molecule has 0 atom stereocenters. The van der Waals surface area contributed by atoms with Crippen molar-refractivity contribution in [1.82, 2.24) is 9.55 Å². The van der Waals surface area contributed by atoms with E-state index in [-0.39, 0.29) is 5.56 Å². The van der Waals surface area contributed by atoms with E-state index in [1.165, 1.54) is 0 Å². The number of aromatic carboxylic acids is 1. The Bertz CT molecular complexity index is 545. The second-order valence-corrected chi connectivity index (χ2v) is 3.60. The molecule has 0 amide bonds. The fourth-order valence-corrected chi connectivity index (χ4v) is 1.83. The van der Waals surface area contributed by atoms with E-state index >= 15 is 0 Å². The molecular formula is C11H13N3O2. The first kappa shape index (κ1) is 10.5. The van der Waals surface area contributed by atoms with E-state index < -0.39 is 5.97 Å². The van der Waals surface area contributed by atoms with Crippen molar-refractivity contribution in [2.45, 2.75) is 19.9 Å². The third-order valence-electron chi connectivity index (χ3n) is 2.47. The van der Waals surface area contributed by atoms with Gasteiger partial charge in [0.05, 0.1) is 16.6 Å². The van der Waals surface area contributed by atoms with Crippen LogP contribution < -0.4 is 5.73 Å². The van der Waals surface area contributed by atoms with Gasteiger partial charge in [-0.3, -0.25) is 0 Å². The summed E-state index contributed by atoms with van der Waals surface area (Å²) in [7, 11) is 0. The highest BCUT2D eigenvalue weighted by molar-refractivity contribution is 6.01. The van der Waals surface area contributed by atoms with Gasteiger partial charge in [0, 0.05) is 6.54 Å². The minimum Gasteiger partial charge on any atom is -0.478 e. The van der Waals surface area contributed by atoms with Crippen LogP contribution in [0.3, 0.4) is 0 Å². The number of hydrogen-bond acceptors (Lipinski definition) is 3. The molecule has 0 aliphatic heterocycles. The van der Waals surface area contributed by atoms with Crippen LogP contribution in [0.5, 0.6) is 0 Å². The number of imidazole rings is 1. The number of para-hydroxylation sites is 1. The van der Waals surface area contributed by atoms with E-state index in [1.54, 1.807) is 22.8 Å². The first-order valence-corrected chi connectivity index (χ1v) is 5.13. The number of benzene rings is 1. The van der Waals surface area contributed by atoms with E-state index in [2.05, 4.69) is 4.98 Å². The molecule has 3 N–H and O–H groups in total. The molecule has 1 aromatic carbocycles. The average molecular weight is 219 g/mol. The zero-order valence-electron chi connectivity index (χ0n) is 8.97. The van der Waals surface area contributed by atoms with Crippen molar-refractivity contribution in [2.75, 3.05) is 5.73 Å². The average Bonchev–Trinajstić information content (AvgIpc) is 2.55. The van der Waals surface area contributed by atoms with Gasteiger partial charge in [-0.1, -0.05) is 13.0 Å². The van der Waals surface area contributed by atoms with Gasteiger partial charge >= 0.3 is 5.97 Å². The molecule has 0 aliphatic carbocycles. The summed E-state index contributed by atoms with van der Waals surface area (Å²) in [5, 5.41) is 9.10. The molecule has 0 spiro atoms. The number of carboxylic acid groups (broad SMARTS) is 1. The van der Waals surface area contributed by atoms with Gasteiger partial charge in [-0.15, -0.1) is 0 Å². The van der Waals surface area contributed by atoms with Gasteiger partial charge in [-0.25, -0.2) is 9.78 Å². The molecule has 84 valence electrons. The number of aryl methyl sites for hydroxylation is 1. The Morgan fingerprint density at radius 1 is 1.56 bits per heavy atom. The normalized spacial score (nSPS) is 10.8. The van der Waals surface area contributed by atoms with Gasteiger partial charge in [-0.2, -0.15) is 0 Å². The Morgan fingerprint density at radius 3 is 2.94 bits per heavy atom. The predicted octanol–water partition coefficient (Wildman–Crippen LogP) is 1.73. The molecule has 0 fully saturated rings. The molecule has 5 nitrogen and oxygen atoms in total. The predicted molar refractivity (Wildman–Crippen MR) is 61.4 cm³/mol. The van der Waals surface area contributed by atoms with Gasteiger partial charge in [0.2, 0.25) is 5.95 Å². The molecule has 0 aliphatic rings. The standard InChI is InChI=1S/C11H13N3O2/c1-2-6-14-9-7(10(15)16)4-3-5-8(9)13-11(14)12/h3-5H,2,6H2,1H3,(H2,12,13)(H,15,16). The third kappa shape index (κ3) is 1.50. The quantitative estimate of drug-likeness (QED) is 0.823. The number of nitrogens with two attached hydrogens (primary N) is 1. The molecule has 1 heterocycles. The van der Waals surface area contributed by atoms with Crippen molar-refractivity contribution in [3.63, 3.8) is 0 Å². The molecule has 1 aromatic heterocycles. The highest BCUT2D eigenvalue weighted by atomic mass is 16.4. The van der Waals surface area contributed by atoms with Gasteiger partial charge in [0.1, 0.15) is 0 Å². The maximum absolute atomic E-state index is 11.1. The monoisotopic (exact) mass is 219 g/mol. The molecule has 0 radical (unpaired) electrons. The topological polar surface area (TPSA) is 81.1 Å². The van der Waals surface area contributed by atoms with Crippen LogP contribution in [0.15, 0.2) is 18.2 Å². The number of hydrogen-bond donors (Lipinski definition) is 2. The van der Waals surface area contributed by atoms with E-state index in [4.69, 9.17) is 10.8 Å². The first-order chi connectivity index (χ1) is 7.65. The zero-order valence-corrected chi connectivity index (χ0v) is 8.97. The van der Waals surface area contributed by atoms with Gasteiger partial charge in [-0.05, 0) is 18.6 Å². The molecule has 0 unspecified atom stereocenters. The van der Waals surface area contributed by atoms with Crippen LogP contribution >= 0.6 is 0 Å². The number of nitrogen functional groups attached to an aromatic ring is 1. The fraction of sp³-hybridized carbons (Fsp3) is 0.273. The Morgan fingerprint density at radius 2 is 2.31 bits per heavy atom. The highest BCUT2D eigenvalue weighted by Gasteiger charge is 2.15. The fourth-order valence-electron chi connectivity index (χ4n) is 1.83. The van der Waals surface area contributed by atoms with Crippen molar-refractivity contribution in [3.05, 3.63) is 23.8 Å². The summed E-state index contributed by atoms with van der Waals surface area (Å²) < 4.78 is 1.75. The summed E-state index contributed by atoms with van der Waals surface area (Å²) in [5.74, 6) is -0.589. The third-order valence-corrected chi connectivity index (χ3v) is 2.47. The maximum atomic E-state index is 11.1. The molecule has 2 rings (SSSR count). The summed E-state index contributed by atoms with van der Waals surface area (Å²) in [6.45, 7) is 2.68. The molecule has 0 bridgehead atoms. The Hall–Kier alpha value is -2.04. The van der Waals surface area contributed by atoms with E-state index in [0.29, 0.717) is 23.5 Å². The summed E-state index contributed by atoms with van der Waals surface area (Å²) >= 11 is 0. The van der Waals surface area contributed by atoms with Crippen LogP contribution in [0.2, 0.25) is 0 Å². The SMILES string of the molecule is CCCn1c(N)nc2cccc(C(=O)O)c21. The van der Waals surface area contributed by atoms with Crippen LogP contribution in [0.25, 0.3) is 11.0 Å². The molecule has 0 saturated carbocycles. The second kappa shape index (κ2) is 3.84. The second-order valence-electron chi connectivity index (χ2n) is 3.60. The Labute approximate surface area is 92.5 Å². The number of carbonyl (C=O) groups is 1. The number of aromatic nitrogens is 2. The lowest BCUT2D eigenvalue weighted by Crippen LogP contribution is -2.06. The maximum Gasteiger partial charge on any atom is 0.337 e. The van der Waals surface area contributed by atoms with Crippen molar-refractivity contribution >= 4 is 23.0 Å². The van der Waals surface area contributed by atoms with Gasteiger partial charge in [0.25, 0.3) is 0 Å². The van der Waals surface area contributed by atoms with Crippen LogP contribution in [0.1, 0.15) is 23.7 Å². The van der Waals surface area contributed by atoms with Crippen molar-refractivity contribution in [2.24, 2.45) is 0 Å². The van der Waals surface area contributed by atoms with E-state index in [0.717, 1.165) is 6.42 Å². The molecule has 0 saturated heterocycles. The molecule has 5 heteroatoms. The number of nitrogens with zero attached hydrogens (tertiary/aromatic N) is 2. The van der Waals surface area contributed by atoms with Gasteiger partial charge in [0.15, 0.2) is 0 Å². The van der Waals surface area contributed by atoms with E-state index in [9.17, 15) is 4.79 Å². The van der Waals surface area contributed by atoms with Crippen LogP contribution in [-0.4, -0.2) is 20.6 Å². The van der Waals surface area contributed by atoms with Crippen molar-refractivity contribution < 1.29 is 9.90 Å². The molecular weight excluding hydrogens is 206 g/mol. The van der Waals surface area contributed by atoms with Crippen LogP contribution in [0, 0.1) is 0 Å². The number of rotatable bonds is 3. The number of carboxylic acids is 1. The zero-order chi connectivity index (χ0) is 11.7. The summed E-state index contributed by atoms with van der Waals surface area (Å²) in [5.41, 5.74) is 7.25. The first-order valence-electron chi connectivity index (χ1n) is 5.13. The summed E-state index contributed by atoms with van der Waals surface area (Å²) in [4.78, 5) is 15.3. The lowest BCUT2D eigenvalue weighted by atomic mass is 10.2. The molecule has 2 aromatic rings.